The highest BCUT2D eigenvalue weighted by molar-refractivity contribution is 7.22. The summed E-state index contributed by atoms with van der Waals surface area (Å²) < 4.78 is 2.28. The first-order valence-corrected chi connectivity index (χ1v) is 11.6. The maximum atomic E-state index is 13.1. The summed E-state index contributed by atoms with van der Waals surface area (Å²) >= 11 is 9.73. The van der Waals surface area contributed by atoms with E-state index in [1.54, 1.807) is 11.3 Å². The molecule has 1 fully saturated rings. The van der Waals surface area contributed by atoms with E-state index in [9.17, 15) is 4.79 Å². The molecule has 4 nitrogen and oxygen atoms in total. The van der Waals surface area contributed by atoms with Crippen molar-refractivity contribution < 1.29 is 4.79 Å². The minimum atomic E-state index is 0.0339. The number of carbonyl (C=O) groups excluding carboxylic acids is 1. The van der Waals surface area contributed by atoms with E-state index in [0.29, 0.717) is 23.0 Å². The van der Waals surface area contributed by atoms with Gasteiger partial charge in [-0.05, 0) is 37.1 Å². The number of carbonyl (C=O) groups is 1. The number of fused-ring (bicyclic) bond motifs is 2. The number of hydrogen-bond acceptors (Lipinski definition) is 5. The number of amides is 1. The molecule has 148 valence electrons. The summed E-state index contributed by atoms with van der Waals surface area (Å²) in [6, 6.07) is 12.3. The van der Waals surface area contributed by atoms with Gasteiger partial charge in [0.1, 0.15) is 4.88 Å². The smallest absolute Gasteiger partial charge is 0.265 e. The Labute approximate surface area is 182 Å². The average molecular weight is 442 g/mol. The summed E-state index contributed by atoms with van der Waals surface area (Å²) in [6.07, 6.45) is 0. The van der Waals surface area contributed by atoms with Gasteiger partial charge in [-0.3, -0.25) is 4.79 Å². The number of rotatable bonds is 2. The monoisotopic (exact) mass is 441 g/mol. The first kappa shape index (κ1) is 18.9. The van der Waals surface area contributed by atoms with E-state index in [4.69, 9.17) is 16.6 Å². The second-order valence-corrected chi connectivity index (χ2v) is 9.88. The standard InChI is InChI=1S/C22H20ClN3OS2/c1-13-11-14(2)19-17(12-13)29-22(24-19)26-9-7-25(8-10-26)21(27)20-18(23)15-5-3-4-6-16(15)28-20/h3-6,11-12H,7-10H2,1-2H3. The maximum Gasteiger partial charge on any atom is 0.265 e. The van der Waals surface area contributed by atoms with Crippen molar-refractivity contribution in [3.8, 4) is 0 Å². The Bertz CT molecular complexity index is 1240. The highest BCUT2D eigenvalue weighted by atomic mass is 35.5. The predicted molar refractivity (Wildman–Crippen MR) is 124 cm³/mol. The molecule has 0 saturated carbocycles. The lowest BCUT2D eigenvalue weighted by Gasteiger charge is -2.34. The fraction of sp³-hybridized carbons (Fsp3) is 0.273. The van der Waals surface area contributed by atoms with Crippen LogP contribution in [0.2, 0.25) is 5.02 Å². The third-order valence-corrected chi connectivity index (χ3v) is 8.11. The van der Waals surface area contributed by atoms with Crippen molar-refractivity contribution in [1.29, 1.82) is 0 Å². The van der Waals surface area contributed by atoms with Crippen LogP contribution in [0.3, 0.4) is 0 Å². The van der Waals surface area contributed by atoms with E-state index in [0.717, 1.165) is 33.8 Å². The number of aryl methyl sites for hydroxylation is 2. The van der Waals surface area contributed by atoms with E-state index in [1.807, 2.05) is 29.2 Å². The summed E-state index contributed by atoms with van der Waals surface area (Å²) in [4.78, 5) is 22.8. The van der Waals surface area contributed by atoms with Crippen LogP contribution in [0.15, 0.2) is 36.4 Å². The lowest BCUT2D eigenvalue weighted by molar-refractivity contribution is 0.0752. The predicted octanol–water partition coefficient (Wildman–Crippen LogP) is 5.74. The molecule has 5 rings (SSSR count). The van der Waals surface area contributed by atoms with Gasteiger partial charge >= 0.3 is 0 Å². The topological polar surface area (TPSA) is 36.4 Å². The average Bonchev–Trinajstić information content (AvgIpc) is 3.30. The lowest BCUT2D eigenvalue weighted by Crippen LogP contribution is -2.48. The summed E-state index contributed by atoms with van der Waals surface area (Å²) in [5, 5.41) is 2.58. The summed E-state index contributed by atoms with van der Waals surface area (Å²) in [6.45, 7) is 7.16. The minimum absolute atomic E-state index is 0.0339. The quantitative estimate of drug-likeness (QED) is 0.397. The number of halogens is 1. The van der Waals surface area contributed by atoms with Crippen LogP contribution < -0.4 is 4.90 Å². The van der Waals surface area contributed by atoms with E-state index in [2.05, 4.69) is 30.9 Å². The molecule has 3 heterocycles. The first-order chi connectivity index (χ1) is 14.0. The van der Waals surface area contributed by atoms with E-state index >= 15 is 0 Å². The zero-order valence-corrected chi connectivity index (χ0v) is 18.6. The Balaban J connectivity index is 1.34. The zero-order chi connectivity index (χ0) is 20.1. The van der Waals surface area contributed by atoms with Crippen molar-refractivity contribution in [2.75, 3.05) is 31.1 Å². The van der Waals surface area contributed by atoms with Crippen LogP contribution in [0.25, 0.3) is 20.3 Å². The van der Waals surface area contributed by atoms with Crippen LogP contribution in [0, 0.1) is 13.8 Å². The molecule has 1 aliphatic heterocycles. The maximum absolute atomic E-state index is 13.1. The van der Waals surface area contributed by atoms with Crippen molar-refractivity contribution in [1.82, 2.24) is 9.88 Å². The number of anilines is 1. The molecular weight excluding hydrogens is 422 g/mol. The van der Waals surface area contributed by atoms with Gasteiger partial charge in [0.25, 0.3) is 5.91 Å². The van der Waals surface area contributed by atoms with E-state index < -0.39 is 0 Å². The Morgan fingerprint density at radius 1 is 1.03 bits per heavy atom. The van der Waals surface area contributed by atoms with Crippen LogP contribution in [0.5, 0.6) is 0 Å². The molecule has 0 atom stereocenters. The second-order valence-electron chi connectivity index (χ2n) is 7.45. The van der Waals surface area contributed by atoms with Crippen LogP contribution >= 0.6 is 34.3 Å². The van der Waals surface area contributed by atoms with Gasteiger partial charge < -0.3 is 9.80 Å². The van der Waals surface area contributed by atoms with Gasteiger partial charge in [0, 0.05) is 36.3 Å². The fourth-order valence-electron chi connectivity index (χ4n) is 3.89. The summed E-state index contributed by atoms with van der Waals surface area (Å²) in [7, 11) is 0. The minimum Gasteiger partial charge on any atom is -0.345 e. The van der Waals surface area contributed by atoms with Crippen LogP contribution in [-0.2, 0) is 0 Å². The number of thiazole rings is 1. The molecule has 2 aromatic heterocycles. The number of nitrogens with zero attached hydrogens (tertiary/aromatic N) is 3. The van der Waals surface area contributed by atoms with Crippen molar-refractivity contribution in [3.63, 3.8) is 0 Å². The molecule has 1 saturated heterocycles. The third kappa shape index (κ3) is 3.29. The number of benzene rings is 2. The summed E-state index contributed by atoms with van der Waals surface area (Å²) in [5.41, 5.74) is 3.57. The second kappa shape index (κ2) is 7.27. The SMILES string of the molecule is Cc1cc(C)c2nc(N3CCN(C(=O)c4sc5ccccc5c4Cl)CC3)sc2c1. The third-order valence-electron chi connectivity index (χ3n) is 5.39. The van der Waals surface area contributed by atoms with Gasteiger partial charge in [0.2, 0.25) is 0 Å². The fourth-order valence-corrected chi connectivity index (χ4v) is 6.56. The molecule has 1 aliphatic rings. The van der Waals surface area contributed by atoms with Crippen molar-refractivity contribution >= 4 is 65.6 Å². The van der Waals surface area contributed by atoms with Crippen LogP contribution in [-0.4, -0.2) is 42.0 Å². The molecule has 7 heteroatoms. The Hall–Kier alpha value is -2.15. The molecule has 29 heavy (non-hydrogen) atoms. The Morgan fingerprint density at radius 2 is 1.79 bits per heavy atom. The Kier molecular flexibility index (Phi) is 4.73. The molecule has 0 unspecified atom stereocenters. The normalized spacial score (nSPS) is 14.9. The molecule has 2 aromatic carbocycles. The lowest BCUT2D eigenvalue weighted by atomic mass is 10.1. The van der Waals surface area contributed by atoms with Gasteiger partial charge in [-0.15, -0.1) is 11.3 Å². The largest absolute Gasteiger partial charge is 0.345 e. The highest BCUT2D eigenvalue weighted by Crippen LogP contribution is 2.36. The van der Waals surface area contributed by atoms with Crippen LogP contribution in [0.4, 0.5) is 5.13 Å². The van der Waals surface area contributed by atoms with Gasteiger partial charge in [-0.25, -0.2) is 4.98 Å². The molecule has 4 aromatic rings. The molecule has 0 radical (unpaired) electrons. The van der Waals surface area contributed by atoms with Gasteiger partial charge in [-0.1, -0.05) is 47.2 Å². The molecule has 0 bridgehead atoms. The van der Waals surface area contributed by atoms with Crippen molar-refractivity contribution in [2.45, 2.75) is 13.8 Å². The zero-order valence-electron chi connectivity index (χ0n) is 16.2. The number of piperazine rings is 1. The van der Waals surface area contributed by atoms with Gasteiger partial charge in [0.05, 0.1) is 15.2 Å². The van der Waals surface area contributed by atoms with E-state index in [-0.39, 0.29) is 5.91 Å². The molecule has 0 spiro atoms. The number of thiophene rings is 1. The van der Waals surface area contributed by atoms with Crippen LogP contribution in [0.1, 0.15) is 20.8 Å². The van der Waals surface area contributed by atoms with Crippen molar-refractivity contribution in [2.24, 2.45) is 0 Å². The Morgan fingerprint density at radius 3 is 2.55 bits per heavy atom. The first-order valence-electron chi connectivity index (χ1n) is 9.60. The summed E-state index contributed by atoms with van der Waals surface area (Å²) in [5.74, 6) is 0.0339. The van der Waals surface area contributed by atoms with E-state index in [1.165, 1.54) is 27.2 Å². The molecule has 1 amide bonds. The van der Waals surface area contributed by atoms with Crippen molar-refractivity contribution in [3.05, 3.63) is 57.4 Å². The molecular formula is C22H20ClN3OS2. The highest BCUT2D eigenvalue weighted by Gasteiger charge is 2.27. The number of hydrogen-bond donors (Lipinski definition) is 0. The number of aromatic nitrogens is 1. The molecule has 0 N–H and O–H groups in total. The van der Waals surface area contributed by atoms with Gasteiger partial charge in [0.15, 0.2) is 5.13 Å². The molecule has 0 aliphatic carbocycles. The van der Waals surface area contributed by atoms with Gasteiger partial charge in [-0.2, -0.15) is 0 Å².